The molecule has 0 aliphatic carbocycles. The van der Waals surface area contributed by atoms with Crippen molar-refractivity contribution in [2.75, 3.05) is 37.3 Å². The summed E-state index contributed by atoms with van der Waals surface area (Å²) in [6, 6.07) is 3.70. The Morgan fingerprint density at radius 1 is 1.26 bits per heavy atom. The number of anilines is 1. The summed E-state index contributed by atoms with van der Waals surface area (Å²) in [5.74, 6) is 0.817. The normalized spacial score (nSPS) is 19.4. The molecule has 1 aliphatic heterocycles. The summed E-state index contributed by atoms with van der Waals surface area (Å²) in [5.41, 5.74) is 0.776. The van der Waals surface area contributed by atoms with Crippen molar-refractivity contribution < 1.29 is 13.5 Å². The Morgan fingerprint density at radius 3 is 2.32 bits per heavy atom. The van der Waals surface area contributed by atoms with E-state index in [2.05, 4.69) is 4.98 Å². The van der Waals surface area contributed by atoms with Crippen molar-refractivity contribution in [2.24, 2.45) is 0 Å². The van der Waals surface area contributed by atoms with Crippen molar-refractivity contribution >= 4 is 15.8 Å². The van der Waals surface area contributed by atoms with Gasteiger partial charge in [0.2, 0.25) is 10.0 Å². The molecule has 0 amide bonds. The predicted molar refractivity (Wildman–Crippen MR) is 73.5 cm³/mol. The second kappa shape index (κ2) is 5.44. The van der Waals surface area contributed by atoms with Crippen molar-refractivity contribution in [3.05, 3.63) is 23.9 Å². The number of sulfonamides is 1. The quantitative estimate of drug-likeness (QED) is 0.860. The number of aliphatic hydroxyl groups excluding tert-OH is 1. The van der Waals surface area contributed by atoms with E-state index >= 15 is 0 Å². The SMILES string of the molecule is C[C@@H](O)c1ccc(N2CCN(S(C)(=O)=O)CC2)nc1. The Hall–Kier alpha value is -1.18. The fourth-order valence-electron chi connectivity index (χ4n) is 2.08. The van der Waals surface area contributed by atoms with Gasteiger partial charge in [-0.3, -0.25) is 0 Å². The standard InChI is InChI=1S/C12H19N3O3S/c1-10(16)11-3-4-12(13-9-11)14-5-7-15(8-6-14)19(2,17)18/h3-4,9-10,16H,5-8H2,1-2H3/t10-/m1/s1. The van der Waals surface area contributed by atoms with E-state index in [1.165, 1.54) is 10.6 Å². The highest BCUT2D eigenvalue weighted by molar-refractivity contribution is 7.88. The average Bonchev–Trinajstić information content (AvgIpc) is 2.38. The first-order chi connectivity index (χ1) is 8.88. The van der Waals surface area contributed by atoms with Crippen LogP contribution in [0.15, 0.2) is 18.3 Å². The minimum atomic E-state index is -3.10. The number of pyridine rings is 1. The molecule has 1 fully saturated rings. The van der Waals surface area contributed by atoms with Gasteiger partial charge in [0.25, 0.3) is 0 Å². The largest absolute Gasteiger partial charge is 0.389 e. The van der Waals surface area contributed by atoms with Crippen LogP contribution in [0.2, 0.25) is 0 Å². The van der Waals surface area contributed by atoms with Crippen molar-refractivity contribution in [1.82, 2.24) is 9.29 Å². The number of aliphatic hydroxyl groups is 1. The third kappa shape index (κ3) is 3.43. The molecule has 0 radical (unpaired) electrons. The first kappa shape index (κ1) is 14.2. The molecule has 1 atom stereocenters. The van der Waals surface area contributed by atoms with Crippen LogP contribution in [0, 0.1) is 0 Å². The molecule has 6 nitrogen and oxygen atoms in total. The van der Waals surface area contributed by atoms with E-state index < -0.39 is 16.1 Å². The summed E-state index contributed by atoms with van der Waals surface area (Å²) in [6.45, 7) is 3.93. The maximum absolute atomic E-state index is 11.4. The smallest absolute Gasteiger partial charge is 0.211 e. The van der Waals surface area contributed by atoms with Crippen LogP contribution in [-0.2, 0) is 10.0 Å². The Morgan fingerprint density at radius 2 is 1.89 bits per heavy atom. The van der Waals surface area contributed by atoms with E-state index in [0.717, 1.165) is 11.4 Å². The Bertz CT molecular complexity index is 520. The van der Waals surface area contributed by atoms with Gasteiger partial charge >= 0.3 is 0 Å². The summed E-state index contributed by atoms with van der Waals surface area (Å²) in [4.78, 5) is 6.36. The van der Waals surface area contributed by atoms with Crippen LogP contribution >= 0.6 is 0 Å². The van der Waals surface area contributed by atoms with E-state index in [0.29, 0.717) is 26.2 Å². The third-order valence-electron chi connectivity index (χ3n) is 3.28. The van der Waals surface area contributed by atoms with Gasteiger partial charge < -0.3 is 10.0 Å². The van der Waals surface area contributed by atoms with E-state index in [9.17, 15) is 13.5 Å². The molecule has 2 rings (SSSR count). The van der Waals surface area contributed by atoms with Crippen LogP contribution in [-0.4, -0.2) is 55.2 Å². The highest BCUT2D eigenvalue weighted by Gasteiger charge is 2.23. The minimum Gasteiger partial charge on any atom is -0.389 e. The van der Waals surface area contributed by atoms with Crippen molar-refractivity contribution in [1.29, 1.82) is 0 Å². The van der Waals surface area contributed by atoms with E-state index in [-0.39, 0.29) is 0 Å². The van der Waals surface area contributed by atoms with E-state index in [1.807, 2.05) is 17.0 Å². The topological polar surface area (TPSA) is 73.7 Å². The lowest BCUT2D eigenvalue weighted by Gasteiger charge is -2.34. The van der Waals surface area contributed by atoms with Crippen molar-refractivity contribution in [2.45, 2.75) is 13.0 Å². The second-order valence-electron chi connectivity index (χ2n) is 4.77. The molecule has 0 unspecified atom stereocenters. The Kier molecular flexibility index (Phi) is 4.07. The predicted octanol–water partition coefficient (Wildman–Crippen LogP) is 0.216. The number of hydrogen-bond donors (Lipinski definition) is 1. The maximum Gasteiger partial charge on any atom is 0.211 e. The van der Waals surface area contributed by atoms with Gasteiger partial charge in [0.15, 0.2) is 0 Å². The number of hydrogen-bond acceptors (Lipinski definition) is 5. The van der Waals surface area contributed by atoms with Crippen LogP contribution < -0.4 is 4.90 Å². The zero-order valence-corrected chi connectivity index (χ0v) is 12.0. The number of nitrogens with zero attached hydrogens (tertiary/aromatic N) is 3. The van der Waals surface area contributed by atoms with E-state index in [4.69, 9.17) is 0 Å². The lowest BCUT2D eigenvalue weighted by atomic mass is 10.2. The van der Waals surface area contributed by atoms with Crippen molar-refractivity contribution in [3.8, 4) is 0 Å². The Balaban J connectivity index is 2.02. The van der Waals surface area contributed by atoms with Gasteiger partial charge in [-0.15, -0.1) is 0 Å². The molecule has 1 aliphatic rings. The highest BCUT2D eigenvalue weighted by atomic mass is 32.2. The number of aromatic nitrogens is 1. The number of piperazine rings is 1. The van der Waals surface area contributed by atoms with Gasteiger partial charge in [0.05, 0.1) is 12.4 Å². The molecule has 2 heterocycles. The van der Waals surface area contributed by atoms with Crippen LogP contribution in [0.1, 0.15) is 18.6 Å². The molecule has 0 aromatic carbocycles. The van der Waals surface area contributed by atoms with Gasteiger partial charge in [-0.25, -0.2) is 13.4 Å². The molecule has 1 aromatic rings. The average molecular weight is 285 g/mol. The van der Waals surface area contributed by atoms with Gasteiger partial charge in [-0.2, -0.15) is 4.31 Å². The third-order valence-corrected chi connectivity index (χ3v) is 4.59. The molecule has 0 spiro atoms. The molecule has 1 aromatic heterocycles. The van der Waals surface area contributed by atoms with Crippen LogP contribution in [0.3, 0.4) is 0 Å². The summed E-state index contributed by atoms with van der Waals surface area (Å²) in [5, 5.41) is 9.42. The molecular formula is C12H19N3O3S. The lowest BCUT2D eigenvalue weighted by molar-refractivity contribution is 0.199. The summed E-state index contributed by atoms with van der Waals surface area (Å²) in [6.07, 6.45) is 2.37. The molecule has 106 valence electrons. The van der Waals surface area contributed by atoms with E-state index in [1.54, 1.807) is 13.1 Å². The zero-order valence-electron chi connectivity index (χ0n) is 11.2. The van der Waals surface area contributed by atoms with Crippen molar-refractivity contribution in [3.63, 3.8) is 0 Å². The molecule has 0 bridgehead atoms. The molecule has 1 N–H and O–H groups in total. The highest BCUT2D eigenvalue weighted by Crippen LogP contribution is 2.17. The molecule has 19 heavy (non-hydrogen) atoms. The number of rotatable bonds is 3. The first-order valence-corrected chi connectivity index (χ1v) is 8.07. The lowest BCUT2D eigenvalue weighted by Crippen LogP contribution is -2.48. The fraction of sp³-hybridized carbons (Fsp3) is 0.583. The summed E-state index contributed by atoms with van der Waals surface area (Å²) < 4.78 is 24.3. The molecule has 0 saturated carbocycles. The molecule has 7 heteroatoms. The molecular weight excluding hydrogens is 266 g/mol. The summed E-state index contributed by atoms with van der Waals surface area (Å²) in [7, 11) is -3.10. The molecule has 1 saturated heterocycles. The maximum atomic E-state index is 11.4. The van der Waals surface area contributed by atoms with Gasteiger partial charge in [-0.05, 0) is 18.6 Å². The van der Waals surface area contributed by atoms with Crippen LogP contribution in [0.25, 0.3) is 0 Å². The van der Waals surface area contributed by atoms with Gasteiger partial charge in [0.1, 0.15) is 5.82 Å². The van der Waals surface area contributed by atoms with Crippen LogP contribution in [0.5, 0.6) is 0 Å². The fourth-order valence-corrected chi connectivity index (χ4v) is 2.91. The first-order valence-electron chi connectivity index (χ1n) is 6.22. The second-order valence-corrected chi connectivity index (χ2v) is 6.76. The monoisotopic (exact) mass is 285 g/mol. The minimum absolute atomic E-state index is 0.485. The van der Waals surface area contributed by atoms with Gasteiger partial charge in [-0.1, -0.05) is 6.07 Å². The van der Waals surface area contributed by atoms with Crippen LogP contribution in [0.4, 0.5) is 5.82 Å². The summed E-state index contributed by atoms with van der Waals surface area (Å²) >= 11 is 0. The van der Waals surface area contributed by atoms with Gasteiger partial charge in [0, 0.05) is 32.4 Å². The Labute approximate surface area is 113 Å². The zero-order chi connectivity index (χ0) is 14.0.